The zero-order chi connectivity index (χ0) is 13.1. The Hall–Kier alpha value is -1.88. The van der Waals surface area contributed by atoms with E-state index in [-0.39, 0.29) is 5.91 Å². The molecule has 94 valence electrons. The summed E-state index contributed by atoms with van der Waals surface area (Å²) in [4.78, 5) is 18.2. The van der Waals surface area contributed by atoms with Crippen LogP contribution in [0.5, 0.6) is 0 Å². The van der Waals surface area contributed by atoms with Crippen LogP contribution < -0.4 is 11.1 Å². The van der Waals surface area contributed by atoms with Crippen molar-refractivity contribution in [3.8, 4) is 0 Å². The summed E-state index contributed by atoms with van der Waals surface area (Å²) in [6, 6.07) is 7.11. The number of aryl methyl sites for hydroxylation is 2. The lowest BCUT2D eigenvalue weighted by molar-refractivity contribution is 0.0946. The molecule has 0 aliphatic rings. The minimum absolute atomic E-state index is 0.203. The quantitative estimate of drug-likeness (QED) is 0.890. The zero-order valence-electron chi connectivity index (χ0n) is 10.4. The number of nitrogens with zero attached hydrogens (tertiary/aromatic N) is 1. The van der Waals surface area contributed by atoms with Crippen molar-refractivity contribution in [2.75, 3.05) is 5.73 Å². The molecule has 3 N–H and O–H groups in total. The van der Waals surface area contributed by atoms with E-state index in [2.05, 4.69) is 30.2 Å². The number of nitrogen functional groups attached to an aromatic ring is 1. The Bertz CT molecular complexity index is 558. The lowest BCUT2D eigenvalue weighted by atomic mass is 10.3. The number of hydrogen-bond donors (Lipinski definition) is 2. The number of nitrogens with two attached hydrogens (primary N) is 1. The van der Waals surface area contributed by atoms with Crippen LogP contribution in [0.2, 0.25) is 0 Å². The lowest BCUT2D eigenvalue weighted by Crippen LogP contribution is -2.23. The molecule has 5 heteroatoms. The molecule has 4 nitrogen and oxygen atoms in total. The summed E-state index contributed by atoms with van der Waals surface area (Å²) in [6.45, 7) is 4.66. The number of rotatable bonds is 3. The van der Waals surface area contributed by atoms with Gasteiger partial charge in [-0.05, 0) is 37.6 Å². The van der Waals surface area contributed by atoms with Gasteiger partial charge in [0.1, 0.15) is 11.5 Å². The molecule has 2 heterocycles. The van der Waals surface area contributed by atoms with Gasteiger partial charge in [-0.15, -0.1) is 11.3 Å². The molecule has 18 heavy (non-hydrogen) atoms. The Kier molecular flexibility index (Phi) is 3.62. The maximum atomic E-state index is 11.8. The zero-order valence-corrected chi connectivity index (χ0v) is 11.2. The Morgan fingerprint density at radius 1 is 1.44 bits per heavy atom. The fourth-order valence-electron chi connectivity index (χ4n) is 1.57. The van der Waals surface area contributed by atoms with Crippen LogP contribution in [0, 0.1) is 13.8 Å². The minimum Gasteiger partial charge on any atom is -0.384 e. The predicted octanol–water partition coefficient (Wildman–Crippen LogP) is 2.27. The minimum atomic E-state index is -0.203. The molecule has 0 aliphatic carbocycles. The fourth-order valence-corrected chi connectivity index (χ4v) is 2.57. The van der Waals surface area contributed by atoms with Crippen molar-refractivity contribution in [1.82, 2.24) is 10.3 Å². The van der Waals surface area contributed by atoms with E-state index in [1.807, 2.05) is 0 Å². The molecular weight excluding hydrogens is 246 g/mol. The largest absolute Gasteiger partial charge is 0.384 e. The van der Waals surface area contributed by atoms with Crippen molar-refractivity contribution in [2.45, 2.75) is 20.4 Å². The summed E-state index contributed by atoms with van der Waals surface area (Å²) in [5, 5.41) is 2.84. The Labute approximate surface area is 110 Å². The van der Waals surface area contributed by atoms with Crippen LogP contribution in [0.1, 0.15) is 25.8 Å². The van der Waals surface area contributed by atoms with Crippen LogP contribution in [-0.2, 0) is 6.54 Å². The number of anilines is 1. The number of thiophene rings is 1. The highest BCUT2D eigenvalue weighted by Gasteiger charge is 2.08. The van der Waals surface area contributed by atoms with Gasteiger partial charge in [0.05, 0.1) is 6.54 Å². The van der Waals surface area contributed by atoms with Crippen LogP contribution in [0.4, 0.5) is 5.82 Å². The highest BCUT2D eigenvalue weighted by molar-refractivity contribution is 7.12. The van der Waals surface area contributed by atoms with Crippen LogP contribution in [0.15, 0.2) is 24.3 Å². The van der Waals surface area contributed by atoms with Crippen LogP contribution in [-0.4, -0.2) is 10.9 Å². The van der Waals surface area contributed by atoms with Gasteiger partial charge in [0.25, 0.3) is 5.91 Å². The van der Waals surface area contributed by atoms with Crippen molar-refractivity contribution in [3.05, 3.63) is 45.3 Å². The topological polar surface area (TPSA) is 68.0 Å². The first-order valence-corrected chi connectivity index (χ1v) is 6.44. The molecule has 2 aromatic heterocycles. The van der Waals surface area contributed by atoms with Crippen molar-refractivity contribution in [2.24, 2.45) is 0 Å². The monoisotopic (exact) mass is 261 g/mol. The van der Waals surface area contributed by atoms with Gasteiger partial charge >= 0.3 is 0 Å². The molecule has 0 aliphatic heterocycles. The maximum Gasteiger partial charge on any atom is 0.270 e. The van der Waals surface area contributed by atoms with Gasteiger partial charge in [0, 0.05) is 9.75 Å². The van der Waals surface area contributed by atoms with Gasteiger partial charge in [-0.3, -0.25) is 4.79 Å². The smallest absolute Gasteiger partial charge is 0.270 e. The highest BCUT2D eigenvalue weighted by atomic mass is 32.1. The van der Waals surface area contributed by atoms with Crippen LogP contribution in [0.3, 0.4) is 0 Å². The summed E-state index contributed by atoms with van der Waals surface area (Å²) in [5.41, 5.74) is 7.14. The summed E-state index contributed by atoms with van der Waals surface area (Å²) < 4.78 is 0. The third kappa shape index (κ3) is 2.87. The van der Waals surface area contributed by atoms with Gasteiger partial charge in [0.15, 0.2) is 0 Å². The van der Waals surface area contributed by atoms with Crippen molar-refractivity contribution >= 4 is 23.1 Å². The molecule has 1 amide bonds. The van der Waals surface area contributed by atoms with E-state index in [1.54, 1.807) is 29.5 Å². The van der Waals surface area contributed by atoms with Crippen molar-refractivity contribution in [1.29, 1.82) is 0 Å². The first-order valence-electron chi connectivity index (χ1n) is 5.63. The third-order valence-corrected chi connectivity index (χ3v) is 3.80. The number of amides is 1. The van der Waals surface area contributed by atoms with Gasteiger partial charge in [0.2, 0.25) is 0 Å². The normalized spacial score (nSPS) is 10.3. The molecule has 2 rings (SSSR count). The van der Waals surface area contributed by atoms with Gasteiger partial charge in [-0.25, -0.2) is 4.98 Å². The molecule has 0 saturated carbocycles. The van der Waals surface area contributed by atoms with E-state index in [0.29, 0.717) is 18.1 Å². The molecule has 2 aromatic rings. The average molecular weight is 261 g/mol. The molecule has 0 atom stereocenters. The summed E-state index contributed by atoms with van der Waals surface area (Å²) in [7, 11) is 0. The van der Waals surface area contributed by atoms with E-state index in [4.69, 9.17) is 5.73 Å². The van der Waals surface area contributed by atoms with Crippen molar-refractivity contribution in [3.63, 3.8) is 0 Å². The second-order valence-electron chi connectivity index (χ2n) is 4.08. The SMILES string of the molecule is Cc1cc(CNC(=O)c2cccc(N)n2)sc1C. The number of pyridine rings is 1. The van der Waals surface area contributed by atoms with Crippen molar-refractivity contribution < 1.29 is 4.79 Å². The molecule has 0 aromatic carbocycles. The van der Waals surface area contributed by atoms with E-state index in [1.165, 1.54) is 10.4 Å². The Morgan fingerprint density at radius 3 is 2.83 bits per heavy atom. The van der Waals surface area contributed by atoms with E-state index < -0.39 is 0 Å². The predicted molar refractivity (Wildman–Crippen MR) is 73.6 cm³/mol. The number of carbonyl (C=O) groups excluding carboxylic acids is 1. The van der Waals surface area contributed by atoms with Gasteiger partial charge < -0.3 is 11.1 Å². The standard InChI is InChI=1S/C13H15N3OS/c1-8-6-10(18-9(8)2)7-15-13(17)11-4-3-5-12(14)16-11/h3-6H,7H2,1-2H3,(H2,14,16)(H,15,17). The van der Waals surface area contributed by atoms with Crippen LogP contribution >= 0.6 is 11.3 Å². The number of carbonyl (C=O) groups is 1. The maximum absolute atomic E-state index is 11.8. The summed E-state index contributed by atoms with van der Waals surface area (Å²) in [5.74, 6) is 0.150. The summed E-state index contributed by atoms with van der Waals surface area (Å²) in [6.07, 6.45) is 0. The first-order chi connectivity index (χ1) is 8.56. The third-order valence-electron chi connectivity index (χ3n) is 2.64. The van der Waals surface area contributed by atoms with E-state index >= 15 is 0 Å². The molecule has 0 saturated heterocycles. The lowest BCUT2D eigenvalue weighted by Gasteiger charge is -2.03. The van der Waals surface area contributed by atoms with Crippen LogP contribution in [0.25, 0.3) is 0 Å². The number of aromatic nitrogens is 1. The molecular formula is C13H15N3OS. The highest BCUT2D eigenvalue weighted by Crippen LogP contribution is 2.20. The molecule has 0 fully saturated rings. The molecule has 0 unspecified atom stereocenters. The summed E-state index contributed by atoms with van der Waals surface area (Å²) >= 11 is 1.69. The molecule has 0 spiro atoms. The van der Waals surface area contributed by atoms with E-state index in [0.717, 1.165) is 4.88 Å². The Morgan fingerprint density at radius 2 is 2.22 bits per heavy atom. The Balaban J connectivity index is 2.00. The van der Waals surface area contributed by atoms with Gasteiger partial charge in [-0.1, -0.05) is 6.07 Å². The molecule has 0 radical (unpaired) electrons. The second kappa shape index (κ2) is 5.18. The second-order valence-corrected chi connectivity index (χ2v) is 5.42. The van der Waals surface area contributed by atoms with Gasteiger partial charge in [-0.2, -0.15) is 0 Å². The number of nitrogens with one attached hydrogen (secondary N) is 1. The van der Waals surface area contributed by atoms with E-state index in [9.17, 15) is 4.79 Å². The molecule has 0 bridgehead atoms. The average Bonchev–Trinajstić information content (AvgIpc) is 2.66. The number of hydrogen-bond acceptors (Lipinski definition) is 4. The fraction of sp³-hybridized carbons (Fsp3) is 0.231. The first kappa shape index (κ1) is 12.6.